The molecule has 1 aromatic carbocycles. The molecule has 0 aliphatic heterocycles. The number of aromatic nitrogens is 3. The molecule has 0 aliphatic carbocycles. The fourth-order valence-corrected chi connectivity index (χ4v) is 3.47. The molecule has 10 heteroatoms. The number of alkyl halides is 3. The van der Waals surface area contributed by atoms with Gasteiger partial charge in [0.05, 0.1) is 22.3 Å². The van der Waals surface area contributed by atoms with Gasteiger partial charge >= 0.3 is 6.18 Å². The minimum atomic E-state index is -4.73. The molecule has 3 N–H and O–H groups in total. The first-order valence-corrected chi connectivity index (χ1v) is 9.82. The maximum Gasteiger partial charge on any atom is 0.414 e. The van der Waals surface area contributed by atoms with Crippen LogP contribution in [-0.2, 0) is 17.7 Å². The van der Waals surface area contributed by atoms with Gasteiger partial charge in [0.1, 0.15) is 5.82 Å². The Labute approximate surface area is 177 Å². The van der Waals surface area contributed by atoms with Gasteiger partial charge in [-0.1, -0.05) is 13.0 Å². The van der Waals surface area contributed by atoms with Crippen LogP contribution in [0.1, 0.15) is 41.3 Å². The minimum Gasteiger partial charge on any atom is -0.399 e. The van der Waals surface area contributed by atoms with Gasteiger partial charge in [-0.15, -0.1) is 0 Å². The molecule has 0 radical (unpaired) electrons. The molecule has 2 heterocycles. The molecule has 0 bridgehead atoms. The van der Waals surface area contributed by atoms with Gasteiger partial charge in [-0.05, 0) is 30.7 Å². The van der Waals surface area contributed by atoms with E-state index in [0.29, 0.717) is 42.9 Å². The van der Waals surface area contributed by atoms with E-state index in [4.69, 9.17) is 10.5 Å². The Balaban J connectivity index is 2.05. The Morgan fingerprint density at radius 2 is 2.10 bits per heavy atom. The number of methoxy groups -OCH3 is 1. The van der Waals surface area contributed by atoms with Crippen molar-refractivity contribution in [3.8, 4) is 0 Å². The second-order valence-corrected chi connectivity index (χ2v) is 7.02. The molecule has 3 aromatic rings. The lowest BCUT2D eigenvalue weighted by Gasteiger charge is -2.21. The number of rotatable bonds is 8. The van der Waals surface area contributed by atoms with Crippen LogP contribution in [0.15, 0.2) is 36.5 Å². The van der Waals surface area contributed by atoms with E-state index in [1.54, 1.807) is 13.2 Å². The highest BCUT2D eigenvalue weighted by molar-refractivity contribution is 6.06. The molecule has 0 saturated heterocycles. The van der Waals surface area contributed by atoms with Crippen molar-refractivity contribution in [2.45, 2.75) is 38.5 Å². The normalized spacial score (nSPS) is 12.8. The summed E-state index contributed by atoms with van der Waals surface area (Å²) in [7, 11) is 1.58. The lowest BCUT2D eigenvalue weighted by atomic mass is 10.1. The number of nitrogens with zero attached hydrogens (tertiary/aromatic N) is 3. The smallest absolute Gasteiger partial charge is 0.399 e. The second kappa shape index (κ2) is 9.34. The number of hydrogen-bond donors (Lipinski definition) is 2. The van der Waals surface area contributed by atoms with E-state index in [0.717, 1.165) is 0 Å². The fraction of sp³-hybridized carbons (Fsp3) is 0.381. The third kappa shape index (κ3) is 4.96. The molecule has 0 saturated carbocycles. The number of halogens is 3. The number of pyridine rings is 1. The van der Waals surface area contributed by atoms with Crippen LogP contribution < -0.4 is 11.1 Å². The minimum absolute atomic E-state index is 0.0322. The third-order valence-corrected chi connectivity index (χ3v) is 4.82. The summed E-state index contributed by atoms with van der Waals surface area (Å²) in [5.74, 6) is -0.191. The Bertz CT molecular complexity index is 1050. The molecule has 31 heavy (non-hydrogen) atoms. The summed E-state index contributed by atoms with van der Waals surface area (Å²) in [4.78, 5) is 21.4. The predicted molar refractivity (Wildman–Crippen MR) is 111 cm³/mol. The van der Waals surface area contributed by atoms with Gasteiger partial charge in [-0.2, -0.15) is 13.2 Å². The molecule has 7 nitrogen and oxygen atoms in total. The number of ether oxygens (including phenoxy) is 1. The predicted octanol–water partition coefficient (Wildman–Crippen LogP) is 3.65. The molecular weight excluding hydrogens is 411 g/mol. The second-order valence-electron chi connectivity index (χ2n) is 7.02. The van der Waals surface area contributed by atoms with Crippen LogP contribution in [0, 0.1) is 0 Å². The number of carbonyl (C=O) groups is 1. The van der Waals surface area contributed by atoms with Crippen molar-refractivity contribution in [2.24, 2.45) is 0 Å². The first-order valence-electron chi connectivity index (χ1n) is 9.82. The number of nitrogens with two attached hydrogens (primary N) is 1. The Morgan fingerprint density at radius 3 is 2.71 bits per heavy atom. The van der Waals surface area contributed by atoms with Crippen molar-refractivity contribution in [3.63, 3.8) is 0 Å². The van der Waals surface area contributed by atoms with E-state index in [2.05, 4.69) is 15.3 Å². The summed E-state index contributed by atoms with van der Waals surface area (Å²) in [6.07, 6.45) is -2.24. The molecule has 1 atom stereocenters. The number of amides is 1. The molecule has 0 fully saturated rings. The van der Waals surface area contributed by atoms with Gasteiger partial charge in [0.2, 0.25) is 0 Å². The Hall–Kier alpha value is -3.14. The van der Waals surface area contributed by atoms with E-state index in [1.807, 2.05) is 11.5 Å². The van der Waals surface area contributed by atoms with Gasteiger partial charge in [-0.3, -0.25) is 9.78 Å². The summed E-state index contributed by atoms with van der Waals surface area (Å²) < 4.78 is 48.1. The number of hydrogen-bond acceptors (Lipinski definition) is 5. The highest BCUT2D eigenvalue weighted by Gasteiger charge is 2.43. The zero-order valence-electron chi connectivity index (χ0n) is 17.2. The largest absolute Gasteiger partial charge is 0.414 e. The molecule has 2 aromatic heterocycles. The van der Waals surface area contributed by atoms with Gasteiger partial charge in [-0.25, -0.2) is 4.98 Å². The summed E-state index contributed by atoms with van der Waals surface area (Å²) in [5.41, 5.74) is 6.81. The van der Waals surface area contributed by atoms with Crippen molar-refractivity contribution in [2.75, 3.05) is 19.5 Å². The molecule has 0 aliphatic rings. The standard InChI is InChI=1S/C21H24F3N5O2/c1-3-17-27-16-12-13(25)11-14(18(16)29(17)9-6-10-31-2)20(30)28-19(21(22,23)24)15-7-4-5-8-26-15/h4-5,7-8,11-12,19H,3,6,9-10,25H2,1-2H3,(H,28,30)/t19-/m0/s1. The first-order chi connectivity index (χ1) is 14.8. The van der Waals surface area contributed by atoms with Crippen LogP contribution in [0.4, 0.5) is 18.9 Å². The topological polar surface area (TPSA) is 95.1 Å². The number of fused-ring (bicyclic) bond motifs is 1. The number of carbonyl (C=O) groups excluding carboxylic acids is 1. The van der Waals surface area contributed by atoms with Crippen LogP contribution in [0.25, 0.3) is 11.0 Å². The van der Waals surface area contributed by atoms with Crippen LogP contribution in [0.3, 0.4) is 0 Å². The van der Waals surface area contributed by atoms with Gasteiger partial charge in [0.15, 0.2) is 6.04 Å². The molecule has 0 spiro atoms. The first kappa shape index (κ1) is 22.5. The van der Waals surface area contributed by atoms with E-state index in [-0.39, 0.29) is 16.9 Å². The van der Waals surface area contributed by atoms with Gasteiger partial charge < -0.3 is 20.4 Å². The number of nitrogens with one attached hydrogen (secondary N) is 1. The zero-order valence-corrected chi connectivity index (χ0v) is 17.2. The van der Waals surface area contributed by atoms with E-state index in [1.165, 1.54) is 30.5 Å². The summed E-state index contributed by atoms with van der Waals surface area (Å²) in [6.45, 7) is 2.91. The maximum atomic E-state index is 13.7. The molecule has 166 valence electrons. The summed E-state index contributed by atoms with van der Waals surface area (Å²) in [6, 6.07) is 4.89. The van der Waals surface area contributed by atoms with Crippen molar-refractivity contribution < 1.29 is 22.7 Å². The van der Waals surface area contributed by atoms with Crippen molar-refractivity contribution in [1.29, 1.82) is 0 Å². The van der Waals surface area contributed by atoms with Crippen molar-refractivity contribution in [3.05, 3.63) is 53.6 Å². The van der Waals surface area contributed by atoms with Crippen LogP contribution in [0.5, 0.6) is 0 Å². The van der Waals surface area contributed by atoms with Gasteiger partial charge in [0, 0.05) is 38.6 Å². The summed E-state index contributed by atoms with van der Waals surface area (Å²) >= 11 is 0. The average molecular weight is 435 g/mol. The van der Waals surface area contributed by atoms with Crippen molar-refractivity contribution in [1.82, 2.24) is 19.9 Å². The summed E-state index contributed by atoms with van der Waals surface area (Å²) in [5, 5.41) is 2.08. The lowest BCUT2D eigenvalue weighted by Crippen LogP contribution is -2.38. The Kier molecular flexibility index (Phi) is 6.79. The highest BCUT2D eigenvalue weighted by atomic mass is 19.4. The SMILES string of the molecule is CCc1nc2cc(N)cc(C(=O)N[C@@H](c3ccccn3)C(F)(F)F)c2n1CCCOC. The monoisotopic (exact) mass is 435 g/mol. The zero-order chi connectivity index (χ0) is 22.6. The average Bonchev–Trinajstić information content (AvgIpc) is 3.08. The molecule has 0 unspecified atom stereocenters. The number of benzene rings is 1. The third-order valence-electron chi connectivity index (χ3n) is 4.82. The molecular formula is C21H24F3N5O2. The number of anilines is 1. The highest BCUT2D eigenvalue weighted by Crippen LogP contribution is 2.33. The van der Waals surface area contributed by atoms with Crippen LogP contribution in [0.2, 0.25) is 0 Å². The van der Waals surface area contributed by atoms with E-state index >= 15 is 0 Å². The number of nitrogen functional groups attached to an aromatic ring is 1. The Morgan fingerprint density at radius 1 is 1.32 bits per heavy atom. The lowest BCUT2D eigenvalue weighted by molar-refractivity contribution is -0.156. The van der Waals surface area contributed by atoms with Gasteiger partial charge in [0.25, 0.3) is 5.91 Å². The van der Waals surface area contributed by atoms with Crippen LogP contribution in [-0.4, -0.2) is 40.3 Å². The quantitative estimate of drug-likeness (QED) is 0.416. The fourth-order valence-electron chi connectivity index (χ4n) is 3.47. The maximum absolute atomic E-state index is 13.7. The van der Waals surface area contributed by atoms with E-state index < -0.39 is 18.1 Å². The number of aryl methyl sites for hydroxylation is 2. The van der Waals surface area contributed by atoms with Crippen molar-refractivity contribution >= 4 is 22.6 Å². The molecule has 1 amide bonds. The number of imidazole rings is 1. The van der Waals surface area contributed by atoms with E-state index in [9.17, 15) is 18.0 Å². The molecule has 3 rings (SSSR count). The van der Waals surface area contributed by atoms with Crippen LogP contribution >= 0.6 is 0 Å².